The van der Waals surface area contributed by atoms with Gasteiger partial charge in [-0.1, -0.05) is 77.8 Å². The lowest BCUT2D eigenvalue weighted by atomic mass is 10.0. The van der Waals surface area contributed by atoms with E-state index in [1.807, 2.05) is 86.6 Å². The lowest BCUT2D eigenvalue weighted by molar-refractivity contribution is -0.139. The van der Waals surface area contributed by atoms with Crippen LogP contribution < -0.4 is 5.32 Å². The summed E-state index contributed by atoms with van der Waals surface area (Å²) in [6, 6.07) is 24.1. The number of halogens is 2. The minimum atomic E-state index is -0.655. The van der Waals surface area contributed by atoms with E-state index in [-0.39, 0.29) is 23.6 Å². The molecule has 3 rings (SSSR count). The molecule has 35 heavy (non-hydrogen) atoms. The van der Waals surface area contributed by atoms with Gasteiger partial charge in [-0.25, -0.2) is 0 Å². The molecule has 0 fully saturated rings. The number of nitrogens with zero attached hydrogens (tertiary/aromatic N) is 1. The number of carbonyl (C=O) groups excluding carboxylic acids is 2. The summed E-state index contributed by atoms with van der Waals surface area (Å²) in [7, 11) is 0. The average molecular weight is 530 g/mol. The predicted octanol–water partition coefficient (Wildman–Crippen LogP) is 6.39. The van der Waals surface area contributed by atoms with Crippen LogP contribution in [0.1, 0.15) is 30.5 Å². The summed E-state index contributed by atoms with van der Waals surface area (Å²) in [5.41, 5.74) is 2.92. The largest absolute Gasteiger partial charge is 0.352 e. The molecule has 0 aromatic heterocycles. The van der Waals surface area contributed by atoms with Crippen molar-refractivity contribution >= 4 is 46.8 Å². The van der Waals surface area contributed by atoms with Crippen molar-refractivity contribution in [2.75, 3.05) is 5.75 Å². The second-order valence-corrected chi connectivity index (χ2v) is 10.5. The van der Waals surface area contributed by atoms with Crippen molar-refractivity contribution in [3.63, 3.8) is 0 Å². The predicted molar refractivity (Wildman–Crippen MR) is 147 cm³/mol. The molecule has 0 bridgehead atoms. The first-order chi connectivity index (χ1) is 16.8. The summed E-state index contributed by atoms with van der Waals surface area (Å²) >= 11 is 13.8. The highest BCUT2D eigenvalue weighted by Crippen LogP contribution is 2.21. The van der Waals surface area contributed by atoms with Crippen molar-refractivity contribution < 1.29 is 9.59 Å². The summed E-state index contributed by atoms with van der Waals surface area (Å²) < 4.78 is 0. The maximum Gasteiger partial charge on any atom is 0.243 e. The fourth-order valence-electron chi connectivity index (χ4n) is 3.73. The Bertz CT molecular complexity index is 1120. The Balaban J connectivity index is 1.84. The van der Waals surface area contributed by atoms with E-state index in [9.17, 15) is 9.59 Å². The lowest BCUT2D eigenvalue weighted by Gasteiger charge is -2.32. The summed E-state index contributed by atoms with van der Waals surface area (Å²) in [5.74, 6) is 0.627. The van der Waals surface area contributed by atoms with Gasteiger partial charge in [0.2, 0.25) is 11.8 Å². The molecular formula is C28H30Cl2N2O2S. The second kappa shape index (κ2) is 13.6. The van der Waals surface area contributed by atoms with E-state index < -0.39 is 6.04 Å². The van der Waals surface area contributed by atoms with Gasteiger partial charge in [-0.05, 0) is 54.8 Å². The highest BCUT2D eigenvalue weighted by molar-refractivity contribution is 7.99. The molecule has 1 atom stereocenters. The fraction of sp³-hybridized carbons (Fsp3) is 0.286. The standard InChI is InChI=1S/C28H30Cl2N2O2S/c1-20(2)31-28(34)26(16-21-8-4-3-5-9-21)32(17-22-10-6-12-24(29)14-22)27(33)19-35-18-23-11-7-13-25(30)15-23/h3-15,20,26H,16-19H2,1-2H3,(H,31,34). The minimum absolute atomic E-state index is 0.0406. The Morgan fingerprint density at radius 1 is 0.857 bits per heavy atom. The molecule has 4 nitrogen and oxygen atoms in total. The van der Waals surface area contributed by atoms with Crippen LogP contribution in [0, 0.1) is 0 Å². The van der Waals surface area contributed by atoms with E-state index in [0.29, 0.717) is 28.8 Å². The quantitative estimate of drug-likeness (QED) is 0.313. The van der Waals surface area contributed by atoms with Crippen molar-refractivity contribution in [2.24, 2.45) is 0 Å². The molecule has 3 aromatic carbocycles. The maximum atomic E-state index is 13.6. The summed E-state index contributed by atoms with van der Waals surface area (Å²) in [6.07, 6.45) is 0.421. The molecule has 3 aromatic rings. The van der Waals surface area contributed by atoms with Crippen molar-refractivity contribution in [1.29, 1.82) is 0 Å². The van der Waals surface area contributed by atoms with E-state index in [1.165, 1.54) is 11.8 Å². The zero-order valence-electron chi connectivity index (χ0n) is 19.9. The van der Waals surface area contributed by atoms with Crippen LogP contribution in [0.3, 0.4) is 0 Å². The zero-order valence-corrected chi connectivity index (χ0v) is 22.2. The topological polar surface area (TPSA) is 49.4 Å². The van der Waals surface area contributed by atoms with Gasteiger partial charge in [-0.3, -0.25) is 9.59 Å². The van der Waals surface area contributed by atoms with Crippen LogP contribution in [-0.2, 0) is 28.3 Å². The number of hydrogen-bond donors (Lipinski definition) is 1. The van der Waals surface area contributed by atoms with Gasteiger partial charge in [-0.2, -0.15) is 0 Å². The van der Waals surface area contributed by atoms with E-state index in [4.69, 9.17) is 23.2 Å². The molecule has 0 radical (unpaired) electrons. The van der Waals surface area contributed by atoms with E-state index in [0.717, 1.165) is 16.7 Å². The average Bonchev–Trinajstić information content (AvgIpc) is 2.81. The molecule has 0 aliphatic heterocycles. The van der Waals surface area contributed by atoms with Gasteiger partial charge in [0.05, 0.1) is 5.75 Å². The Morgan fingerprint density at radius 2 is 1.46 bits per heavy atom. The Morgan fingerprint density at radius 3 is 2.09 bits per heavy atom. The highest BCUT2D eigenvalue weighted by atomic mass is 35.5. The molecule has 0 spiro atoms. The van der Waals surface area contributed by atoms with Crippen molar-refractivity contribution in [3.8, 4) is 0 Å². The zero-order chi connectivity index (χ0) is 25.2. The number of benzene rings is 3. The first-order valence-corrected chi connectivity index (χ1v) is 13.4. The van der Waals surface area contributed by atoms with Crippen molar-refractivity contribution in [2.45, 2.75) is 44.6 Å². The molecule has 0 heterocycles. The molecule has 0 aliphatic rings. The summed E-state index contributed by atoms with van der Waals surface area (Å²) in [5, 5.41) is 4.27. The normalized spacial score (nSPS) is 11.8. The fourth-order valence-corrected chi connectivity index (χ4v) is 5.02. The van der Waals surface area contributed by atoms with Crippen LogP contribution in [0.15, 0.2) is 78.9 Å². The SMILES string of the molecule is CC(C)NC(=O)C(Cc1ccccc1)N(Cc1cccc(Cl)c1)C(=O)CSCc1cccc(Cl)c1. The van der Waals surface area contributed by atoms with Gasteiger partial charge in [0.25, 0.3) is 0 Å². The van der Waals surface area contributed by atoms with E-state index in [1.54, 1.807) is 11.0 Å². The van der Waals surface area contributed by atoms with Gasteiger partial charge < -0.3 is 10.2 Å². The first kappa shape index (κ1) is 27.1. The minimum Gasteiger partial charge on any atom is -0.352 e. The molecule has 184 valence electrons. The third kappa shape index (κ3) is 8.92. The first-order valence-electron chi connectivity index (χ1n) is 11.5. The van der Waals surface area contributed by atoms with Crippen LogP contribution in [0.25, 0.3) is 0 Å². The van der Waals surface area contributed by atoms with Crippen LogP contribution >= 0.6 is 35.0 Å². The van der Waals surface area contributed by atoms with Crippen LogP contribution in [-0.4, -0.2) is 34.6 Å². The molecule has 2 amide bonds. The number of thioether (sulfide) groups is 1. The Labute approximate surface area is 222 Å². The number of hydrogen-bond acceptors (Lipinski definition) is 3. The summed E-state index contributed by atoms with van der Waals surface area (Å²) in [4.78, 5) is 28.6. The highest BCUT2D eigenvalue weighted by Gasteiger charge is 2.30. The number of amides is 2. The van der Waals surface area contributed by atoms with Crippen LogP contribution in [0.2, 0.25) is 10.0 Å². The van der Waals surface area contributed by atoms with Gasteiger partial charge in [-0.15, -0.1) is 11.8 Å². The van der Waals surface area contributed by atoms with E-state index >= 15 is 0 Å². The Kier molecular flexibility index (Phi) is 10.5. The molecule has 7 heteroatoms. The second-order valence-electron chi connectivity index (χ2n) is 8.64. The van der Waals surface area contributed by atoms with Crippen LogP contribution in [0.5, 0.6) is 0 Å². The van der Waals surface area contributed by atoms with Gasteiger partial charge in [0.1, 0.15) is 6.04 Å². The van der Waals surface area contributed by atoms with Gasteiger partial charge >= 0.3 is 0 Å². The Hall–Kier alpha value is -2.47. The monoisotopic (exact) mass is 528 g/mol. The van der Waals surface area contributed by atoms with E-state index in [2.05, 4.69) is 5.32 Å². The number of nitrogens with one attached hydrogen (secondary N) is 1. The summed E-state index contributed by atoms with van der Waals surface area (Å²) in [6.45, 7) is 4.13. The molecule has 1 N–H and O–H groups in total. The van der Waals surface area contributed by atoms with Gasteiger partial charge in [0.15, 0.2) is 0 Å². The number of carbonyl (C=O) groups is 2. The molecular weight excluding hydrogens is 499 g/mol. The third-order valence-corrected chi connectivity index (χ3v) is 6.79. The van der Waals surface area contributed by atoms with Crippen LogP contribution in [0.4, 0.5) is 0 Å². The number of rotatable bonds is 11. The molecule has 0 saturated heterocycles. The molecule has 0 aliphatic carbocycles. The lowest BCUT2D eigenvalue weighted by Crippen LogP contribution is -2.52. The molecule has 1 unspecified atom stereocenters. The van der Waals surface area contributed by atoms with Crippen molar-refractivity contribution in [1.82, 2.24) is 10.2 Å². The third-order valence-electron chi connectivity index (χ3n) is 5.33. The van der Waals surface area contributed by atoms with Crippen molar-refractivity contribution in [3.05, 3.63) is 106 Å². The smallest absolute Gasteiger partial charge is 0.243 e. The maximum absolute atomic E-state index is 13.6. The molecule has 0 saturated carbocycles. The van der Waals surface area contributed by atoms with Gasteiger partial charge in [0, 0.05) is 34.8 Å².